The van der Waals surface area contributed by atoms with Crippen LogP contribution in [-0.2, 0) is 19.1 Å². The van der Waals surface area contributed by atoms with Gasteiger partial charge in [-0.25, -0.2) is 0 Å². The molecule has 44 heavy (non-hydrogen) atoms. The molecule has 0 saturated carbocycles. The lowest BCUT2D eigenvalue weighted by atomic mass is 10.1. The first kappa shape index (κ1) is 43.9. The van der Waals surface area contributed by atoms with Crippen molar-refractivity contribution >= 4 is 23.5 Å². The van der Waals surface area contributed by atoms with E-state index in [2.05, 4.69) is 29.3 Å². The molecule has 0 saturated heterocycles. The van der Waals surface area contributed by atoms with Gasteiger partial charge >= 0.3 is 11.9 Å². The van der Waals surface area contributed by atoms with Crippen LogP contribution in [0.15, 0.2) is 54.9 Å². The second kappa shape index (κ2) is 40.8. The second-order valence-corrected chi connectivity index (χ2v) is 11.2. The Bertz CT molecular complexity index is 683. The molecule has 0 atom stereocenters. The van der Waals surface area contributed by atoms with E-state index in [9.17, 15) is 9.59 Å². The molecule has 6 nitrogen and oxygen atoms in total. The third-order valence-electron chi connectivity index (χ3n) is 6.61. The van der Waals surface area contributed by atoms with E-state index in [4.69, 9.17) is 26.2 Å². The largest absolute Gasteiger partial charge is 0.466 e. The molecule has 1 N–H and O–H groups in total. The summed E-state index contributed by atoms with van der Waals surface area (Å²) in [5.74, 6) is 0.390. The summed E-state index contributed by atoms with van der Waals surface area (Å²) in [7, 11) is 0. The molecule has 0 aromatic carbocycles. The minimum Gasteiger partial charge on any atom is -0.466 e. The van der Waals surface area contributed by atoms with Gasteiger partial charge in [0.15, 0.2) is 0 Å². The summed E-state index contributed by atoms with van der Waals surface area (Å²) < 4.78 is 9.77. The lowest BCUT2D eigenvalue weighted by molar-refractivity contribution is -0.142. The average Bonchev–Trinajstić information content (AvgIpc) is 3.02. The number of aliphatic hydroxyl groups is 1. The maximum atomic E-state index is 10.5. The fraction of sp³-hybridized carbons (Fsp3) is 0.703. The van der Waals surface area contributed by atoms with Crippen molar-refractivity contribution < 1.29 is 24.2 Å². The van der Waals surface area contributed by atoms with E-state index in [-0.39, 0.29) is 18.5 Å². The first-order chi connectivity index (χ1) is 21.5. The summed E-state index contributed by atoms with van der Waals surface area (Å²) in [5.41, 5.74) is 0. The van der Waals surface area contributed by atoms with Crippen molar-refractivity contribution in [1.82, 2.24) is 4.98 Å². The van der Waals surface area contributed by atoms with Gasteiger partial charge in [-0.3, -0.25) is 14.6 Å². The molecule has 254 valence electrons. The zero-order chi connectivity index (χ0) is 32.6. The van der Waals surface area contributed by atoms with Crippen molar-refractivity contribution in [2.45, 2.75) is 142 Å². The summed E-state index contributed by atoms with van der Waals surface area (Å²) in [4.78, 5) is 24.8. The molecule has 7 heteroatoms. The van der Waals surface area contributed by atoms with Crippen LogP contribution >= 0.6 is 11.6 Å². The Morgan fingerprint density at radius 1 is 0.568 bits per heavy atom. The van der Waals surface area contributed by atoms with E-state index in [1.165, 1.54) is 104 Å². The summed E-state index contributed by atoms with van der Waals surface area (Å²) in [6, 6.07) is 5.72. The number of nitrogens with zero attached hydrogens (tertiary/aromatic N) is 1. The standard InChI is InChI=1S/C16H29ClO2.C16H30O3.C5H5N/c2*1-16(18)19-15-13-11-9-7-5-3-2-4-6-8-10-12-14-17;1-2-4-6-5-3-1/h8,10H,2-7,9,11-15H2,1H3;8,10,17H,2-7,9,11-15H2,1H3;1-5H/b2*10-8-;. The number of pyridine rings is 1. The number of allylic oxidation sites excluding steroid dienone is 3. The topological polar surface area (TPSA) is 85.7 Å². The fourth-order valence-electron chi connectivity index (χ4n) is 4.20. The predicted octanol–water partition coefficient (Wildman–Crippen LogP) is 10.3. The van der Waals surface area contributed by atoms with Crippen LogP contribution in [0.25, 0.3) is 0 Å². The normalized spacial score (nSPS) is 10.6. The minimum atomic E-state index is -0.173. The Kier molecular flexibility index (Phi) is 40.8. The number of hydrogen-bond acceptors (Lipinski definition) is 6. The van der Waals surface area contributed by atoms with Crippen LogP contribution in [0.5, 0.6) is 0 Å². The third-order valence-corrected chi connectivity index (χ3v) is 6.83. The molecule has 1 aromatic rings. The number of ether oxygens (including phenoxy) is 2. The number of aromatic nitrogens is 1. The summed E-state index contributed by atoms with van der Waals surface area (Å²) in [6.07, 6.45) is 36.2. The Labute approximate surface area is 275 Å². The van der Waals surface area contributed by atoms with Crippen LogP contribution in [0.1, 0.15) is 142 Å². The number of carbonyl (C=O) groups is 2. The molecule has 0 amide bonds. The Hall–Kier alpha value is -2.18. The van der Waals surface area contributed by atoms with Gasteiger partial charge < -0.3 is 14.6 Å². The highest BCUT2D eigenvalue weighted by Crippen LogP contribution is 2.11. The van der Waals surface area contributed by atoms with Gasteiger partial charge in [0, 0.05) is 38.7 Å². The summed E-state index contributed by atoms with van der Waals surface area (Å²) >= 11 is 5.58. The zero-order valence-corrected chi connectivity index (χ0v) is 28.8. The van der Waals surface area contributed by atoms with E-state index in [0.29, 0.717) is 13.2 Å². The van der Waals surface area contributed by atoms with E-state index in [0.717, 1.165) is 44.4 Å². The van der Waals surface area contributed by atoms with Crippen molar-refractivity contribution in [3.05, 3.63) is 54.9 Å². The average molecular weight is 638 g/mol. The predicted molar refractivity (Wildman–Crippen MR) is 186 cm³/mol. The van der Waals surface area contributed by atoms with Crippen LogP contribution in [-0.4, -0.2) is 47.7 Å². The molecule has 0 fully saturated rings. The fourth-order valence-corrected chi connectivity index (χ4v) is 4.33. The molecule has 0 bridgehead atoms. The van der Waals surface area contributed by atoms with Gasteiger partial charge in [0.2, 0.25) is 0 Å². The van der Waals surface area contributed by atoms with E-state index in [1.54, 1.807) is 12.4 Å². The first-order valence-electron chi connectivity index (χ1n) is 17.1. The highest BCUT2D eigenvalue weighted by molar-refractivity contribution is 6.17. The number of rotatable bonds is 26. The molecule has 0 radical (unpaired) electrons. The molecule has 0 aliphatic heterocycles. The van der Waals surface area contributed by atoms with Gasteiger partial charge in [0.1, 0.15) is 0 Å². The third kappa shape index (κ3) is 46.8. The van der Waals surface area contributed by atoms with Crippen LogP contribution in [0.4, 0.5) is 0 Å². The van der Waals surface area contributed by atoms with E-state index < -0.39 is 0 Å². The molecule has 0 aliphatic carbocycles. The van der Waals surface area contributed by atoms with Crippen LogP contribution < -0.4 is 0 Å². The van der Waals surface area contributed by atoms with Gasteiger partial charge in [-0.05, 0) is 63.5 Å². The van der Waals surface area contributed by atoms with Gasteiger partial charge in [-0.2, -0.15) is 0 Å². The molecule has 0 aliphatic rings. The van der Waals surface area contributed by atoms with Crippen LogP contribution in [0, 0.1) is 0 Å². The highest BCUT2D eigenvalue weighted by Gasteiger charge is 1.96. The molecule has 0 spiro atoms. The monoisotopic (exact) mass is 637 g/mol. The molecule has 0 unspecified atom stereocenters. The number of unbranched alkanes of at least 4 members (excludes halogenated alkanes) is 16. The number of hydrogen-bond donors (Lipinski definition) is 1. The number of carbonyl (C=O) groups excluding carboxylic acids is 2. The van der Waals surface area contributed by atoms with Crippen LogP contribution in [0.2, 0.25) is 0 Å². The SMILES string of the molecule is CC(=O)OCCCCCCCCCC/C=C\CCCl.CC(=O)OCCCCCCCCCC/C=C\CCO.c1ccncc1. The number of aliphatic hydroxyl groups excluding tert-OH is 1. The zero-order valence-electron chi connectivity index (χ0n) is 28.1. The van der Waals surface area contributed by atoms with Crippen LogP contribution in [0.3, 0.4) is 0 Å². The maximum Gasteiger partial charge on any atom is 0.302 e. The number of halogens is 1. The van der Waals surface area contributed by atoms with Gasteiger partial charge in [-0.15, -0.1) is 11.6 Å². The van der Waals surface area contributed by atoms with Gasteiger partial charge in [0.05, 0.1) is 13.2 Å². The summed E-state index contributed by atoms with van der Waals surface area (Å²) in [5, 5.41) is 8.59. The molecular weight excluding hydrogens is 574 g/mol. The van der Waals surface area contributed by atoms with Gasteiger partial charge in [0.25, 0.3) is 0 Å². The quantitative estimate of drug-likeness (QED) is 0.0471. The lowest BCUT2D eigenvalue weighted by Crippen LogP contribution is -2.00. The molecule has 1 aromatic heterocycles. The van der Waals surface area contributed by atoms with Crippen molar-refractivity contribution in [2.75, 3.05) is 25.7 Å². The van der Waals surface area contributed by atoms with Crippen molar-refractivity contribution in [1.29, 1.82) is 0 Å². The van der Waals surface area contributed by atoms with Crippen molar-refractivity contribution in [3.63, 3.8) is 0 Å². The highest BCUT2D eigenvalue weighted by atomic mass is 35.5. The maximum absolute atomic E-state index is 10.5. The molecule has 1 heterocycles. The molecule has 1 rings (SSSR count). The number of esters is 2. The van der Waals surface area contributed by atoms with E-state index in [1.807, 2.05) is 18.2 Å². The molecular formula is C37H64ClNO5. The number of alkyl halides is 1. The Balaban J connectivity index is 0. The van der Waals surface area contributed by atoms with Crippen molar-refractivity contribution in [3.8, 4) is 0 Å². The first-order valence-corrected chi connectivity index (χ1v) is 17.7. The van der Waals surface area contributed by atoms with Gasteiger partial charge in [-0.1, -0.05) is 107 Å². The Morgan fingerprint density at radius 2 is 0.932 bits per heavy atom. The minimum absolute atomic E-state index is 0.167. The second-order valence-electron chi connectivity index (χ2n) is 10.9. The lowest BCUT2D eigenvalue weighted by Gasteiger charge is -2.02. The summed E-state index contributed by atoms with van der Waals surface area (Å²) in [6.45, 7) is 4.34. The van der Waals surface area contributed by atoms with E-state index >= 15 is 0 Å². The smallest absolute Gasteiger partial charge is 0.302 e. The van der Waals surface area contributed by atoms with Crippen molar-refractivity contribution in [2.24, 2.45) is 0 Å². The Morgan fingerprint density at radius 3 is 1.25 bits per heavy atom.